The van der Waals surface area contributed by atoms with Crippen LogP contribution in [-0.4, -0.2) is 0 Å². The number of anilines is 3. The number of nitrogens with zero attached hydrogens (tertiary/aromatic N) is 1. The molecular formula is C58H39N. The molecule has 0 unspecified atom stereocenters. The second-order valence-corrected chi connectivity index (χ2v) is 15.3. The Hall–Kier alpha value is -7.74. The number of rotatable bonds is 7. The van der Waals surface area contributed by atoms with Gasteiger partial charge in [0.05, 0.1) is 0 Å². The van der Waals surface area contributed by atoms with Crippen LogP contribution in [0.4, 0.5) is 17.1 Å². The standard InChI is InChI=1S/C58H39N/c1-2-13-40(14-3-1)41-27-29-42(30-28-41)43-31-33-48(34-32-43)59(50-35-36-57-55-24-7-6-22-53(55)54-23-8-9-25-56(54)58(57)39-50)49-20-11-18-46(38-49)45-17-10-19-47(37-45)52-26-12-16-44-15-4-5-21-51(44)52/h1-39H. The Morgan fingerprint density at radius 1 is 0.203 bits per heavy atom. The fourth-order valence-electron chi connectivity index (χ4n) is 8.94. The molecule has 0 aromatic heterocycles. The van der Waals surface area contributed by atoms with Gasteiger partial charge in [0.1, 0.15) is 0 Å². The van der Waals surface area contributed by atoms with Crippen LogP contribution in [0.1, 0.15) is 0 Å². The van der Waals surface area contributed by atoms with Crippen LogP contribution in [-0.2, 0) is 0 Å². The van der Waals surface area contributed by atoms with E-state index in [0.29, 0.717) is 0 Å². The van der Waals surface area contributed by atoms with Gasteiger partial charge in [0.25, 0.3) is 0 Å². The van der Waals surface area contributed by atoms with Gasteiger partial charge < -0.3 is 4.90 Å². The molecule has 0 saturated heterocycles. The van der Waals surface area contributed by atoms with Gasteiger partial charge in [0, 0.05) is 17.1 Å². The highest BCUT2D eigenvalue weighted by Crippen LogP contribution is 2.42. The zero-order chi connectivity index (χ0) is 39.1. The minimum absolute atomic E-state index is 1.10. The molecule has 276 valence electrons. The van der Waals surface area contributed by atoms with Crippen molar-refractivity contribution in [3.63, 3.8) is 0 Å². The van der Waals surface area contributed by atoms with E-state index in [1.165, 1.54) is 87.6 Å². The number of hydrogen-bond acceptors (Lipinski definition) is 1. The highest BCUT2D eigenvalue weighted by atomic mass is 15.1. The van der Waals surface area contributed by atoms with Gasteiger partial charge in [-0.25, -0.2) is 0 Å². The van der Waals surface area contributed by atoms with Crippen molar-refractivity contribution in [2.45, 2.75) is 0 Å². The molecule has 0 heterocycles. The fourth-order valence-corrected chi connectivity index (χ4v) is 8.94. The maximum Gasteiger partial charge on any atom is 0.0468 e. The number of hydrogen-bond donors (Lipinski definition) is 0. The van der Waals surface area contributed by atoms with Gasteiger partial charge in [-0.3, -0.25) is 0 Å². The van der Waals surface area contributed by atoms with E-state index in [-0.39, 0.29) is 0 Å². The molecule has 1 heteroatoms. The smallest absolute Gasteiger partial charge is 0.0468 e. The summed E-state index contributed by atoms with van der Waals surface area (Å²) in [7, 11) is 0. The van der Waals surface area contributed by atoms with Crippen LogP contribution in [0.2, 0.25) is 0 Å². The Kier molecular flexibility index (Phi) is 8.56. The summed E-state index contributed by atoms with van der Waals surface area (Å²) in [4.78, 5) is 2.41. The van der Waals surface area contributed by atoms with E-state index in [1.807, 2.05) is 0 Å². The summed E-state index contributed by atoms with van der Waals surface area (Å²) in [6.45, 7) is 0. The van der Waals surface area contributed by atoms with Gasteiger partial charge in [-0.15, -0.1) is 0 Å². The van der Waals surface area contributed by atoms with Crippen LogP contribution >= 0.6 is 0 Å². The monoisotopic (exact) mass is 749 g/mol. The van der Waals surface area contributed by atoms with Crippen LogP contribution in [0.5, 0.6) is 0 Å². The van der Waals surface area contributed by atoms with Crippen molar-refractivity contribution < 1.29 is 0 Å². The molecule has 0 radical (unpaired) electrons. The van der Waals surface area contributed by atoms with Crippen molar-refractivity contribution in [2.75, 3.05) is 4.90 Å². The lowest BCUT2D eigenvalue weighted by Crippen LogP contribution is -2.10. The highest BCUT2D eigenvalue weighted by molar-refractivity contribution is 6.25. The van der Waals surface area contributed by atoms with Crippen molar-refractivity contribution in [1.82, 2.24) is 0 Å². The summed E-state index contributed by atoms with van der Waals surface area (Å²) in [5.41, 5.74) is 12.9. The Morgan fingerprint density at radius 2 is 0.627 bits per heavy atom. The largest absolute Gasteiger partial charge is 0.310 e. The zero-order valence-electron chi connectivity index (χ0n) is 32.5. The van der Waals surface area contributed by atoms with Gasteiger partial charge in [-0.2, -0.15) is 0 Å². The Bertz CT molecular complexity index is 3270. The van der Waals surface area contributed by atoms with Gasteiger partial charge in [0.15, 0.2) is 0 Å². The van der Waals surface area contributed by atoms with E-state index >= 15 is 0 Å². The molecule has 11 aromatic rings. The summed E-state index contributed by atoms with van der Waals surface area (Å²) in [6.07, 6.45) is 0. The summed E-state index contributed by atoms with van der Waals surface area (Å²) in [5, 5.41) is 10.1. The van der Waals surface area contributed by atoms with Crippen LogP contribution in [0.3, 0.4) is 0 Å². The molecule has 0 spiro atoms. The summed E-state index contributed by atoms with van der Waals surface area (Å²) in [5.74, 6) is 0. The molecule has 0 atom stereocenters. The van der Waals surface area contributed by atoms with E-state index in [1.54, 1.807) is 0 Å². The third kappa shape index (κ3) is 6.30. The van der Waals surface area contributed by atoms with Gasteiger partial charge in [-0.1, -0.05) is 194 Å². The quantitative estimate of drug-likeness (QED) is 0.147. The molecule has 0 bridgehead atoms. The lowest BCUT2D eigenvalue weighted by molar-refractivity contribution is 1.29. The molecule has 0 fully saturated rings. The summed E-state index contributed by atoms with van der Waals surface area (Å²) < 4.78 is 0. The average Bonchev–Trinajstić information content (AvgIpc) is 3.32. The lowest BCUT2D eigenvalue weighted by atomic mass is 9.93. The van der Waals surface area contributed by atoms with Crippen molar-refractivity contribution in [1.29, 1.82) is 0 Å². The highest BCUT2D eigenvalue weighted by Gasteiger charge is 2.17. The Balaban J connectivity index is 1.04. The molecule has 0 amide bonds. The number of benzene rings is 11. The van der Waals surface area contributed by atoms with Crippen LogP contribution in [0.25, 0.3) is 87.6 Å². The molecule has 0 saturated carbocycles. The van der Waals surface area contributed by atoms with Crippen LogP contribution < -0.4 is 4.90 Å². The minimum atomic E-state index is 1.10. The molecule has 0 N–H and O–H groups in total. The second-order valence-electron chi connectivity index (χ2n) is 15.3. The molecule has 0 aliphatic rings. The van der Waals surface area contributed by atoms with E-state index in [9.17, 15) is 0 Å². The van der Waals surface area contributed by atoms with Gasteiger partial charge >= 0.3 is 0 Å². The zero-order valence-corrected chi connectivity index (χ0v) is 32.5. The molecule has 11 rings (SSSR count). The fraction of sp³-hybridized carbons (Fsp3) is 0. The Labute approximate surface area is 344 Å². The third-order valence-electron chi connectivity index (χ3n) is 11.8. The van der Waals surface area contributed by atoms with Gasteiger partial charge in [0.2, 0.25) is 0 Å². The van der Waals surface area contributed by atoms with Crippen LogP contribution in [0, 0.1) is 0 Å². The van der Waals surface area contributed by atoms with E-state index in [4.69, 9.17) is 0 Å². The first-order valence-corrected chi connectivity index (χ1v) is 20.3. The van der Waals surface area contributed by atoms with Crippen molar-refractivity contribution >= 4 is 60.2 Å². The summed E-state index contributed by atoms with van der Waals surface area (Å²) in [6, 6.07) is 86.2. The molecule has 59 heavy (non-hydrogen) atoms. The first-order chi connectivity index (χ1) is 29.2. The minimum Gasteiger partial charge on any atom is -0.310 e. The predicted octanol–water partition coefficient (Wildman–Crippen LogP) is 16.4. The molecule has 1 nitrogen and oxygen atoms in total. The van der Waals surface area contributed by atoms with Crippen molar-refractivity contribution in [3.05, 3.63) is 237 Å². The lowest BCUT2D eigenvalue weighted by Gasteiger charge is -2.27. The van der Waals surface area contributed by atoms with Crippen LogP contribution in [0.15, 0.2) is 237 Å². The maximum atomic E-state index is 2.41. The first kappa shape index (κ1) is 34.5. The normalized spacial score (nSPS) is 11.4. The third-order valence-corrected chi connectivity index (χ3v) is 11.8. The van der Waals surface area contributed by atoms with E-state index in [0.717, 1.165) is 17.1 Å². The number of fused-ring (bicyclic) bond motifs is 7. The predicted molar refractivity (Wildman–Crippen MR) is 253 cm³/mol. The SMILES string of the molecule is c1ccc(-c2ccc(-c3ccc(N(c4cccc(-c5cccc(-c6cccc7ccccc67)c5)c4)c4ccc5c6ccccc6c6ccccc6c5c4)cc3)cc2)cc1. The van der Waals surface area contributed by atoms with Gasteiger partial charge in [-0.05, 0) is 130 Å². The molecular weight excluding hydrogens is 711 g/mol. The molecule has 11 aromatic carbocycles. The average molecular weight is 750 g/mol. The topological polar surface area (TPSA) is 3.24 Å². The van der Waals surface area contributed by atoms with Crippen molar-refractivity contribution in [2.24, 2.45) is 0 Å². The van der Waals surface area contributed by atoms with E-state index in [2.05, 4.69) is 241 Å². The summed E-state index contributed by atoms with van der Waals surface area (Å²) >= 11 is 0. The van der Waals surface area contributed by atoms with E-state index < -0.39 is 0 Å². The van der Waals surface area contributed by atoms with Crippen molar-refractivity contribution in [3.8, 4) is 44.5 Å². The second kappa shape index (κ2) is 14.6. The first-order valence-electron chi connectivity index (χ1n) is 20.3. The molecule has 0 aliphatic heterocycles. The maximum absolute atomic E-state index is 2.41. The Morgan fingerprint density at radius 3 is 1.31 bits per heavy atom. The molecule has 0 aliphatic carbocycles.